The summed E-state index contributed by atoms with van der Waals surface area (Å²) in [5.41, 5.74) is 1.55. The van der Waals surface area contributed by atoms with E-state index in [4.69, 9.17) is 0 Å². The predicted molar refractivity (Wildman–Crippen MR) is 54.8 cm³/mol. The molecule has 4 heteroatoms. The van der Waals surface area contributed by atoms with Crippen molar-refractivity contribution in [3.8, 4) is 0 Å². The summed E-state index contributed by atoms with van der Waals surface area (Å²) in [5.74, 6) is 0.514. The number of aryl methyl sites for hydroxylation is 1. The fourth-order valence-corrected chi connectivity index (χ4v) is 1.63. The summed E-state index contributed by atoms with van der Waals surface area (Å²) in [6.07, 6.45) is 1.70. The van der Waals surface area contributed by atoms with Crippen LogP contribution in [0.4, 0.5) is 0 Å². The van der Waals surface area contributed by atoms with Gasteiger partial charge in [-0.1, -0.05) is 13.8 Å². The van der Waals surface area contributed by atoms with Crippen LogP contribution >= 0.6 is 15.9 Å². The van der Waals surface area contributed by atoms with Crippen molar-refractivity contribution >= 4 is 22.2 Å². The molecule has 0 aliphatic carbocycles. The van der Waals surface area contributed by atoms with Crippen molar-refractivity contribution in [2.45, 2.75) is 20.3 Å². The number of carbonyl (C=O) groups excluding carboxylic acids is 1. The fraction of sp³-hybridized carbons (Fsp3) is 0.556. The number of aldehydes is 1. The van der Waals surface area contributed by atoms with Crippen molar-refractivity contribution in [2.75, 3.05) is 0 Å². The zero-order chi connectivity index (χ0) is 10.0. The van der Waals surface area contributed by atoms with E-state index < -0.39 is 0 Å². The normalized spacial score (nSPS) is 10.8. The first kappa shape index (κ1) is 10.4. The highest BCUT2D eigenvalue weighted by Crippen LogP contribution is 2.19. The highest BCUT2D eigenvalue weighted by Gasteiger charge is 2.13. The van der Waals surface area contributed by atoms with E-state index in [0.717, 1.165) is 23.0 Å². The average molecular weight is 245 g/mol. The van der Waals surface area contributed by atoms with Crippen LogP contribution in [0.5, 0.6) is 0 Å². The molecule has 0 unspecified atom stereocenters. The Morgan fingerprint density at radius 3 is 2.69 bits per heavy atom. The molecule has 0 amide bonds. The van der Waals surface area contributed by atoms with E-state index in [1.54, 1.807) is 4.68 Å². The van der Waals surface area contributed by atoms with Crippen molar-refractivity contribution in [3.63, 3.8) is 0 Å². The topological polar surface area (TPSA) is 34.9 Å². The van der Waals surface area contributed by atoms with Crippen LogP contribution in [-0.4, -0.2) is 16.1 Å². The summed E-state index contributed by atoms with van der Waals surface area (Å²) in [7, 11) is 1.82. The lowest BCUT2D eigenvalue weighted by atomic mass is 10.1. The van der Waals surface area contributed by atoms with Crippen LogP contribution in [0.25, 0.3) is 0 Å². The molecule has 72 valence electrons. The molecule has 0 fully saturated rings. The molecule has 0 aliphatic heterocycles. The average Bonchev–Trinajstić information content (AvgIpc) is 2.27. The minimum Gasteiger partial charge on any atom is -0.298 e. The maximum Gasteiger partial charge on any atom is 0.154 e. The van der Waals surface area contributed by atoms with Crippen LogP contribution in [0.1, 0.15) is 29.9 Å². The molecule has 1 rings (SSSR count). The Kier molecular flexibility index (Phi) is 3.25. The SMILES string of the molecule is CC(C)Cc1nn(C)c(Br)c1C=O. The standard InChI is InChI=1S/C9H13BrN2O/c1-6(2)4-8-7(5-13)9(10)12(3)11-8/h5-6H,4H2,1-3H3. The molecular weight excluding hydrogens is 232 g/mol. The molecule has 0 bridgehead atoms. The summed E-state index contributed by atoms with van der Waals surface area (Å²) in [5, 5.41) is 4.26. The monoisotopic (exact) mass is 244 g/mol. The largest absolute Gasteiger partial charge is 0.298 e. The number of rotatable bonds is 3. The highest BCUT2D eigenvalue weighted by molar-refractivity contribution is 9.10. The summed E-state index contributed by atoms with van der Waals surface area (Å²) in [6, 6.07) is 0. The third-order valence-electron chi connectivity index (χ3n) is 1.81. The number of nitrogens with zero attached hydrogens (tertiary/aromatic N) is 2. The molecule has 0 aromatic carbocycles. The van der Waals surface area contributed by atoms with E-state index in [0.29, 0.717) is 11.5 Å². The van der Waals surface area contributed by atoms with Gasteiger partial charge >= 0.3 is 0 Å². The second kappa shape index (κ2) is 4.05. The Labute approximate surface area is 86.3 Å². The Hall–Kier alpha value is -0.640. The number of hydrogen-bond donors (Lipinski definition) is 0. The molecule has 0 atom stereocenters. The van der Waals surface area contributed by atoms with Gasteiger partial charge in [0.05, 0.1) is 11.3 Å². The Morgan fingerprint density at radius 2 is 2.23 bits per heavy atom. The van der Waals surface area contributed by atoms with Gasteiger partial charge in [-0.3, -0.25) is 9.48 Å². The molecule has 3 nitrogen and oxygen atoms in total. The summed E-state index contributed by atoms with van der Waals surface area (Å²) in [4.78, 5) is 10.8. The Bertz CT molecular complexity index is 318. The van der Waals surface area contributed by atoms with Gasteiger partial charge in [0, 0.05) is 7.05 Å². The molecule has 13 heavy (non-hydrogen) atoms. The van der Waals surface area contributed by atoms with Gasteiger partial charge in [-0.05, 0) is 28.3 Å². The number of aromatic nitrogens is 2. The van der Waals surface area contributed by atoms with Gasteiger partial charge in [0.15, 0.2) is 6.29 Å². The lowest BCUT2D eigenvalue weighted by Crippen LogP contribution is -1.98. The summed E-state index contributed by atoms with van der Waals surface area (Å²) in [6.45, 7) is 4.22. The van der Waals surface area contributed by atoms with Crippen LogP contribution in [0, 0.1) is 5.92 Å². The number of halogens is 1. The van der Waals surface area contributed by atoms with Crippen LogP contribution in [0.2, 0.25) is 0 Å². The van der Waals surface area contributed by atoms with E-state index in [1.165, 1.54) is 0 Å². The van der Waals surface area contributed by atoms with E-state index in [9.17, 15) is 4.79 Å². The first-order valence-corrected chi connectivity index (χ1v) is 5.02. The van der Waals surface area contributed by atoms with Crippen LogP contribution in [0.3, 0.4) is 0 Å². The summed E-state index contributed by atoms with van der Waals surface area (Å²) >= 11 is 3.32. The number of hydrogen-bond acceptors (Lipinski definition) is 2. The van der Waals surface area contributed by atoms with Gasteiger partial charge in [0.2, 0.25) is 0 Å². The molecular formula is C9H13BrN2O. The third-order valence-corrected chi connectivity index (χ3v) is 2.75. The molecule has 1 aromatic heterocycles. The molecule has 1 aromatic rings. The second-order valence-corrected chi connectivity index (χ2v) is 4.24. The minimum absolute atomic E-state index is 0.514. The van der Waals surface area contributed by atoms with Crippen molar-refractivity contribution in [2.24, 2.45) is 13.0 Å². The van der Waals surface area contributed by atoms with Crippen molar-refractivity contribution < 1.29 is 4.79 Å². The molecule has 0 saturated carbocycles. The zero-order valence-electron chi connectivity index (χ0n) is 8.04. The highest BCUT2D eigenvalue weighted by atomic mass is 79.9. The quantitative estimate of drug-likeness (QED) is 0.765. The first-order chi connectivity index (χ1) is 6.06. The predicted octanol–water partition coefficient (Wildman–Crippen LogP) is 2.19. The molecule has 0 saturated heterocycles. The third kappa shape index (κ3) is 2.18. The Balaban J connectivity index is 3.06. The lowest BCUT2D eigenvalue weighted by Gasteiger charge is -2.00. The van der Waals surface area contributed by atoms with Crippen LogP contribution in [0.15, 0.2) is 4.60 Å². The van der Waals surface area contributed by atoms with Crippen molar-refractivity contribution in [1.29, 1.82) is 0 Å². The molecule has 0 aliphatic rings. The van der Waals surface area contributed by atoms with Crippen molar-refractivity contribution in [3.05, 3.63) is 15.9 Å². The molecule has 0 N–H and O–H groups in total. The van der Waals surface area contributed by atoms with Crippen molar-refractivity contribution in [1.82, 2.24) is 9.78 Å². The number of carbonyl (C=O) groups is 1. The van der Waals surface area contributed by atoms with Crippen LogP contribution < -0.4 is 0 Å². The van der Waals surface area contributed by atoms with Gasteiger partial charge in [0.1, 0.15) is 4.60 Å². The van der Waals surface area contributed by atoms with Gasteiger partial charge in [-0.2, -0.15) is 5.10 Å². The fourth-order valence-electron chi connectivity index (χ4n) is 1.23. The maximum absolute atomic E-state index is 10.8. The smallest absolute Gasteiger partial charge is 0.154 e. The van der Waals surface area contributed by atoms with E-state index >= 15 is 0 Å². The van der Waals surface area contributed by atoms with E-state index in [-0.39, 0.29) is 0 Å². The van der Waals surface area contributed by atoms with Gasteiger partial charge in [0.25, 0.3) is 0 Å². The second-order valence-electron chi connectivity index (χ2n) is 3.49. The zero-order valence-corrected chi connectivity index (χ0v) is 9.63. The lowest BCUT2D eigenvalue weighted by molar-refractivity contribution is 0.112. The summed E-state index contributed by atoms with van der Waals surface area (Å²) < 4.78 is 2.44. The van der Waals surface area contributed by atoms with E-state index in [2.05, 4.69) is 34.9 Å². The van der Waals surface area contributed by atoms with Crippen LogP contribution in [-0.2, 0) is 13.5 Å². The van der Waals surface area contributed by atoms with E-state index in [1.807, 2.05) is 7.05 Å². The minimum atomic E-state index is 0.514. The van der Waals surface area contributed by atoms with Gasteiger partial charge < -0.3 is 0 Å². The molecule has 0 spiro atoms. The Morgan fingerprint density at radius 1 is 1.62 bits per heavy atom. The van der Waals surface area contributed by atoms with Gasteiger partial charge in [-0.15, -0.1) is 0 Å². The molecule has 1 heterocycles. The van der Waals surface area contributed by atoms with Gasteiger partial charge in [-0.25, -0.2) is 0 Å². The molecule has 0 radical (unpaired) electrons. The maximum atomic E-state index is 10.8. The first-order valence-electron chi connectivity index (χ1n) is 4.22.